The first-order valence-electron chi connectivity index (χ1n) is 6.59. The molecule has 1 fully saturated rings. The van der Waals surface area contributed by atoms with Gasteiger partial charge in [0.25, 0.3) is 5.88 Å². The molecule has 104 valence electrons. The topological polar surface area (TPSA) is 59.0 Å². The molecule has 7 heteroatoms. The number of anilines is 1. The summed E-state index contributed by atoms with van der Waals surface area (Å²) in [4.78, 5) is 2.18. The van der Waals surface area contributed by atoms with E-state index >= 15 is 0 Å². The zero-order valence-corrected chi connectivity index (χ0v) is 11.9. The number of aromatic amines is 1. The van der Waals surface area contributed by atoms with Gasteiger partial charge in [0.1, 0.15) is 11.1 Å². The molecule has 2 aromatic rings. The summed E-state index contributed by atoms with van der Waals surface area (Å²) >= 11 is 1.75. The molecule has 20 heavy (non-hydrogen) atoms. The van der Waals surface area contributed by atoms with Gasteiger partial charge in [-0.25, -0.2) is 0 Å². The molecule has 0 spiro atoms. The number of rotatable bonds is 4. The van der Waals surface area contributed by atoms with Crippen molar-refractivity contribution < 1.29 is 4.74 Å². The highest BCUT2D eigenvalue weighted by Crippen LogP contribution is 2.45. The van der Waals surface area contributed by atoms with Crippen molar-refractivity contribution in [3.63, 3.8) is 0 Å². The number of thioether (sulfide) groups is 1. The number of hydrogen-bond acceptors (Lipinski definition) is 5. The van der Waals surface area contributed by atoms with Gasteiger partial charge in [0.05, 0.1) is 25.5 Å². The average Bonchev–Trinajstić information content (AvgIpc) is 2.93. The Kier molecular flexibility index (Phi) is 2.73. The van der Waals surface area contributed by atoms with Crippen molar-refractivity contribution in [3.8, 4) is 5.88 Å². The summed E-state index contributed by atoms with van der Waals surface area (Å²) < 4.78 is 7.47. The van der Waals surface area contributed by atoms with Gasteiger partial charge in [-0.15, -0.1) is 16.9 Å². The van der Waals surface area contributed by atoms with E-state index in [1.165, 1.54) is 12.8 Å². The molecule has 0 bridgehead atoms. The monoisotopic (exact) mass is 289 g/mol. The maximum absolute atomic E-state index is 5.44. The van der Waals surface area contributed by atoms with Gasteiger partial charge in [-0.2, -0.15) is 5.10 Å². The first kappa shape index (κ1) is 11.9. The van der Waals surface area contributed by atoms with Gasteiger partial charge in [-0.05, 0) is 18.2 Å². The van der Waals surface area contributed by atoms with E-state index in [1.54, 1.807) is 18.9 Å². The molecule has 0 saturated heterocycles. The number of ether oxygens (including phenoxy) is 1. The fourth-order valence-corrected chi connectivity index (χ4v) is 3.33. The van der Waals surface area contributed by atoms with Crippen LogP contribution in [-0.2, 0) is 0 Å². The van der Waals surface area contributed by atoms with Gasteiger partial charge in [-0.1, -0.05) is 0 Å². The van der Waals surface area contributed by atoms with Gasteiger partial charge >= 0.3 is 0 Å². The summed E-state index contributed by atoms with van der Waals surface area (Å²) in [5.74, 6) is 0.678. The van der Waals surface area contributed by atoms with E-state index in [4.69, 9.17) is 4.74 Å². The second kappa shape index (κ2) is 4.59. The second-order valence-corrected chi connectivity index (χ2v) is 5.94. The molecule has 1 unspecified atom stereocenters. The molecule has 4 rings (SSSR count). The largest absolute Gasteiger partial charge is 0.478 e. The third-order valence-electron chi connectivity index (χ3n) is 3.56. The van der Waals surface area contributed by atoms with E-state index in [0.29, 0.717) is 11.9 Å². The van der Waals surface area contributed by atoms with E-state index in [1.807, 2.05) is 17.1 Å². The lowest BCUT2D eigenvalue weighted by atomic mass is 10.3. The summed E-state index contributed by atoms with van der Waals surface area (Å²) in [6, 6.07) is 0.546. The zero-order valence-electron chi connectivity index (χ0n) is 11.1. The second-order valence-electron chi connectivity index (χ2n) is 4.95. The standard InChI is InChI=1S/C13H15N5OS/c1-19-12-11(8-18(16-12)10-2-3-10)17-4-5-20-13(17)9-6-14-15-7-9/h4-8,10,13H,2-3H2,1H3,(H,14,15). The molecule has 0 amide bonds. The minimum Gasteiger partial charge on any atom is -0.478 e. The fraction of sp³-hybridized carbons (Fsp3) is 0.385. The van der Waals surface area contributed by atoms with E-state index < -0.39 is 0 Å². The minimum atomic E-state index is 0.180. The van der Waals surface area contributed by atoms with Crippen LogP contribution in [0.15, 0.2) is 30.2 Å². The van der Waals surface area contributed by atoms with Crippen molar-refractivity contribution >= 4 is 17.4 Å². The molecule has 1 aliphatic carbocycles. The number of hydrogen-bond donors (Lipinski definition) is 1. The minimum absolute atomic E-state index is 0.180. The van der Waals surface area contributed by atoms with Crippen LogP contribution in [-0.4, -0.2) is 27.1 Å². The van der Waals surface area contributed by atoms with E-state index in [-0.39, 0.29) is 5.37 Å². The van der Waals surface area contributed by atoms with Crippen molar-refractivity contribution in [1.82, 2.24) is 20.0 Å². The zero-order chi connectivity index (χ0) is 13.5. The summed E-state index contributed by atoms with van der Waals surface area (Å²) in [5.41, 5.74) is 2.15. The van der Waals surface area contributed by atoms with Gasteiger partial charge in [0.15, 0.2) is 0 Å². The highest BCUT2D eigenvalue weighted by Gasteiger charge is 2.31. The van der Waals surface area contributed by atoms with Crippen molar-refractivity contribution in [2.75, 3.05) is 12.0 Å². The van der Waals surface area contributed by atoms with Crippen LogP contribution in [0.4, 0.5) is 5.69 Å². The smallest absolute Gasteiger partial charge is 0.256 e. The Bertz CT molecular complexity index is 631. The Hall–Kier alpha value is -1.89. The van der Waals surface area contributed by atoms with Crippen LogP contribution in [0.2, 0.25) is 0 Å². The Morgan fingerprint density at radius 3 is 3.05 bits per heavy atom. The van der Waals surface area contributed by atoms with Crippen LogP contribution in [0.5, 0.6) is 5.88 Å². The summed E-state index contributed by atoms with van der Waals surface area (Å²) in [5, 5.41) is 13.7. The molecular weight excluding hydrogens is 274 g/mol. The van der Waals surface area contributed by atoms with E-state index in [2.05, 4.69) is 38.0 Å². The first-order chi connectivity index (χ1) is 9.86. The lowest BCUT2D eigenvalue weighted by Crippen LogP contribution is -2.16. The number of aromatic nitrogens is 4. The number of nitrogens with one attached hydrogen (secondary N) is 1. The van der Waals surface area contributed by atoms with Gasteiger partial charge < -0.3 is 9.64 Å². The summed E-state index contributed by atoms with van der Waals surface area (Å²) in [6.07, 6.45) is 10.4. The predicted molar refractivity (Wildman–Crippen MR) is 77.6 cm³/mol. The van der Waals surface area contributed by atoms with Crippen molar-refractivity contribution in [1.29, 1.82) is 0 Å². The quantitative estimate of drug-likeness (QED) is 0.937. The van der Waals surface area contributed by atoms with Gasteiger partial charge in [-0.3, -0.25) is 9.78 Å². The first-order valence-corrected chi connectivity index (χ1v) is 7.53. The fourth-order valence-electron chi connectivity index (χ4n) is 2.37. The Labute approximate surface area is 120 Å². The highest BCUT2D eigenvalue weighted by molar-refractivity contribution is 8.02. The maximum atomic E-state index is 5.44. The Balaban J connectivity index is 1.70. The van der Waals surface area contributed by atoms with Crippen LogP contribution in [0.1, 0.15) is 29.8 Å². The average molecular weight is 289 g/mol. The third-order valence-corrected chi connectivity index (χ3v) is 4.59. The molecule has 2 aromatic heterocycles. The van der Waals surface area contributed by atoms with E-state index in [9.17, 15) is 0 Å². The van der Waals surface area contributed by atoms with Crippen LogP contribution in [0.25, 0.3) is 0 Å². The molecule has 3 heterocycles. The molecule has 0 radical (unpaired) electrons. The van der Waals surface area contributed by atoms with Crippen LogP contribution in [0.3, 0.4) is 0 Å². The number of H-pyrrole nitrogens is 1. The predicted octanol–water partition coefficient (Wildman–Crippen LogP) is 2.67. The van der Waals surface area contributed by atoms with Crippen LogP contribution >= 0.6 is 11.8 Å². The molecule has 1 N–H and O–H groups in total. The van der Waals surface area contributed by atoms with Gasteiger partial charge in [0.2, 0.25) is 0 Å². The maximum Gasteiger partial charge on any atom is 0.256 e. The molecule has 1 saturated carbocycles. The van der Waals surface area contributed by atoms with Crippen molar-refractivity contribution in [2.24, 2.45) is 0 Å². The van der Waals surface area contributed by atoms with Gasteiger partial charge in [0, 0.05) is 18.0 Å². The molecule has 0 aromatic carbocycles. The lowest BCUT2D eigenvalue weighted by Gasteiger charge is -2.22. The summed E-state index contributed by atoms with van der Waals surface area (Å²) in [6.45, 7) is 0. The highest BCUT2D eigenvalue weighted by atomic mass is 32.2. The van der Waals surface area contributed by atoms with Crippen molar-refractivity contribution in [3.05, 3.63) is 35.8 Å². The number of methoxy groups -OCH3 is 1. The normalized spacial score (nSPS) is 21.6. The Morgan fingerprint density at radius 2 is 2.35 bits per heavy atom. The van der Waals surface area contributed by atoms with E-state index in [0.717, 1.165) is 11.3 Å². The molecule has 1 atom stereocenters. The lowest BCUT2D eigenvalue weighted by molar-refractivity contribution is 0.389. The molecule has 6 nitrogen and oxygen atoms in total. The molecular formula is C13H15N5OS. The number of nitrogens with zero attached hydrogens (tertiary/aromatic N) is 4. The third kappa shape index (κ3) is 1.89. The SMILES string of the molecule is COc1nn(C2CC2)cc1N1C=CSC1c1cn[nH]c1. The Morgan fingerprint density at radius 1 is 1.45 bits per heavy atom. The molecule has 2 aliphatic rings. The van der Waals surface area contributed by atoms with Crippen LogP contribution in [0, 0.1) is 0 Å². The molecule has 1 aliphatic heterocycles. The van der Waals surface area contributed by atoms with Crippen LogP contribution < -0.4 is 9.64 Å². The summed E-state index contributed by atoms with van der Waals surface area (Å²) in [7, 11) is 1.67. The van der Waals surface area contributed by atoms with Crippen molar-refractivity contribution in [2.45, 2.75) is 24.3 Å².